The van der Waals surface area contributed by atoms with Crippen LogP contribution < -0.4 is 0 Å². The number of carbonyl (C=O) groups is 1. The van der Waals surface area contributed by atoms with Gasteiger partial charge in [0.05, 0.1) is 0 Å². The average Bonchev–Trinajstić information content (AvgIpc) is 2.41. The molecule has 0 spiro atoms. The van der Waals surface area contributed by atoms with E-state index in [0.29, 0.717) is 6.42 Å². The van der Waals surface area contributed by atoms with E-state index in [-0.39, 0.29) is 29.6 Å². The summed E-state index contributed by atoms with van der Waals surface area (Å²) in [7, 11) is 0. The van der Waals surface area contributed by atoms with E-state index in [2.05, 4.69) is 0 Å². The predicted molar refractivity (Wildman–Crippen MR) is 49.7 cm³/mol. The molecule has 68 valence electrons. The average molecular weight is 184 g/mol. The molecule has 0 aromatic rings. The summed E-state index contributed by atoms with van der Waals surface area (Å²) in [5.74, 6) is -0.711. The number of aliphatic carboxylic acids is 1. The molecule has 0 aliphatic carbocycles. The van der Waals surface area contributed by atoms with E-state index in [9.17, 15) is 4.79 Å². The van der Waals surface area contributed by atoms with E-state index in [4.69, 9.17) is 9.84 Å². The van der Waals surface area contributed by atoms with Crippen molar-refractivity contribution in [3.63, 3.8) is 0 Å². The summed E-state index contributed by atoms with van der Waals surface area (Å²) in [6, 6.07) is 0. The predicted octanol–water partition coefficient (Wildman–Crippen LogP) is 1.02. The van der Waals surface area contributed by atoms with Crippen molar-refractivity contribution >= 4 is 35.5 Å². The van der Waals surface area contributed by atoms with Crippen molar-refractivity contribution in [2.45, 2.75) is 32.6 Å². The minimum atomic E-state index is -0.711. The summed E-state index contributed by atoms with van der Waals surface area (Å²) >= 11 is 0. The van der Waals surface area contributed by atoms with Crippen LogP contribution in [0.15, 0.2) is 0 Å². The van der Waals surface area contributed by atoms with E-state index in [0.717, 1.165) is 19.6 Å². The second-order valence-corrected chi connectivity index (χ2v) is 2.46. The molecule has 3 nitrogen and oxygen atoms in total. The first kappa shape index (κ1) is 14.9. The maximum atomic E-state index is 9.60. The van der Waals surface area contributed by atoms with Crippen molar-refractivity contribution in [3.8, 4) is 0 Å². The topological polar surface area (TPSA) is 46.5 Å². The molecule has 1 N–H and O–H groups in total. The van der Waals surface area contributed by atoms with Crippen molar-refractivity contribution < 1.29 is 14.6 Å². The normalized spacial score (nSPS) is 14.1. The van der Waals surface area contributed by atoms with Gasteiger partial charge in [-0.2, -0.15) is 0 Å². The molecule has 4 heteroatoms. The fourth-order valence-corrected chi connectivity index (χ4v) is 0.724. The Morgan fingerprint density at radius 2 is 1.92 bits per heavy atom. The first-order valence-electron chi connectivity index (χ1n) is 4.07. The molecule has 1 saturated heterocycles. The fraction of sp³-hybridized carbons (Fsp3) is 0.875. The zero-order chi connectivity index (χ0) is 8.53. The summed E-state index contributed by atoms with van der Waals surface area (Å²) in [5.41, 5.74) is 0. The second-order valence-electron chi connectivity index (χ2n) is 2.46. The third-order valence-electron chi connectivity index (χ3n) is 1.29. The number of ether oxygens (including phenoxy) is 1. The van der Waals surface area contributed by atoms with Crippen molar-refractivity contribution in [3.05, 3.63) is 0 Å². The molecule has 1 aliphatic heterocycles. The molecule has 0 radical (unpaired) electrons. The van der Waals surface area contributed by atoms with E-state index in [1.807, 2.05) is 6.92 Å². The fourth-order valence-electron chi connectivity index (χ4n) is 0.724. The van der Waals surface area contributed by atoms with Crippen LogP contribution in [0.4, 0.5) is 0 Å². The Morgan fingerprint density at radius 3 is 2.00 bits per heavy atom. The Labute approximate surface area is 95.8 Å². The summed E-state index contributed by atoms with van der Waals surface area (Å²) < 4.78 is 4.94. The Kier molecular flexibility index (Phi) is 14.2. The number of carboxylic acids is 1. The zero-order valence-corrected chi connectivity index (χ0v) is 7.01. The first-order chi connectivity index (χ1) is 5.27. The minimum absolute atomic E-state index is 0. The van der Waals surface area contributed by atoms with Gasteiger partial charge in [-0.05, 0) is 19.3 Å². The molecule has 12 heavy (non-hydrogen) atoms. The second kappa shape index (κ2) is 11.4. The van der Waals surface area contributed by atoms with Crippen molar-refractivity contribution in [1.29, 1.82) is 0 Å². The van der Waals surface area contributed by atoms with Gasteiger partial charge in [-0.1, -0.05) is 6.92 Å². The molecule has 1 rings (SSSR count). The van der Waals surface area contributed by atoms with Crippen LogP contribution in [-0.4, -0.2) is 53.8 Å². The number of carboxylic acid groups (broad SMARTS) is 1. The van der Waals surface area contributed by atoms with E-state index < -0.39 is 5.97 Å². The van der Waals surface area contributed by atoms with Gasteiger partial charge in [0.1, 0.15) is 0 Å². The van der Waals surface area contributed by atoms with E-state index in [1.165, 1.54) is 12.8 Å². The van der Waals surface area contributed by atoms with Gasteiger partial charge < -0.3 is 9.84 Å². The van der Waals surface area contributed by atoms with Crippen LogP contribution in [0.2, 0.25) is 0 Å². The van der Waals surface area contributed by atoms with Gasteiger partial charge in [-0.15, -0.1) is 0 Å². The first-order valence-corrected chi connectivity index (χ1v) is 4.07. The van der Waals surface area contributed by atoms with Crippen LogP contribution in [-0.2, 0) is 9.53 Å². The van der Waals surface area contributed by atoms with E-state index >= 15 is 0 Å². The van der Waals surface area contributed by atoms with Gasteiger partial charge in [-0.25, -0.2) is 0 Å². The van der Waals surface area contributed by atoms with Gasteiger partial charge >= 0.3 is 35.5 Å². The van der Waals surface area contributed by atoms with Crippen LogP contribution in [0.5, 0.6) is 0 Å². The summed E-state index contributed by atoms with van der Waals surface area (Å²) in [6.07, 6.45) is 3.58. The molecule has 0 saturated carbocycles. The van der Waals surface area contributed by atoms with E-state index in [1.54, 1.807) is 0 Å². The molecule has 0 bridgehead atoms. The standard InChI is InChI=1S/C4H8O2.C4H8O.Na.H/c1-2-3-4(5)6;1-2-4-5-3-1;;/h2-3H2,1H3,(H,5,6);1-4H2;;. The number of rotatable bonds is 2. The van der Waals surface area contributed by atoms with Crippen LogP contribution in [0.25, 0.3) is 0 Å². The van der Waals surface area contributed by atoms with Crippen LogP contribution in [0.1, 0.15) is 32.6 Å². The molecule has 0 amide bonds. The molecule has 0 aromatic carbocycles. The molecule has 1 aliphatic rings. The molecular weight excluding hydrogens is 167 g/mol. The van der Waals surface area contributed by atoms with Crippen molar-refractivity contribution in [2.24, 2.45) is 0 Å². The van der Waals surface area contributed by atoms with Gasteiger partial charge in [0.2, 0.25) is 0 Å². The molecule has 1 heterocycles. The Morgan fingerprint density at radius 1 is 1.42 bits per heavy atom. The number of hydrogen-bond donors (Lipinski definition) is 1. The molecule has 1 fully saturated rings. The van der Waals surface area contributed by atoms with Crippen molar-refractivity contribution in [2.75, 3.05) is 13.2 Å². The SMILES string of the molecule is C1CCOC1.CCCC(=O)O.[NaH]. The van der Waals surface area contributed by atoms with Gasteiger partial charge in [0, 0.05) is 19.6 Å². The van der Waals surface area contributed by atoms with Gasteiger partial charge in [0.15, 0.2) is 0 Å². The molecular formula is C8H17NaO3. The summed E-state index contributed by atoms with van der Waals surface area (Å²) in [5, 5.41) is 7.91. The molecule has 0 aromatic heterocycles. The molecule has 0 unspecified atom stereocenters. The third-order valence-corrected chi connectivity index (χ3v) is 1.29. The van der Waals surface area contributed by atoms with Crippen LogP contribution >= 0.6 is 0 Å². The number of hydrogen-bond acceptors (Lipinski definition) is 2. The summed E-state index contributed by atoms with van der Waals surface area (Å²) in [6.45, 7) is 3.84. The Hall–Kier alpha value is 0.430. The van der Waals surface area contributed by atoms with Crippen LogP contribution in [0, 0.1) is 0 Å². The maximum absolute atomic E-state index is 9.60. The van der Waals surface area contributed by atoms with Gasteiger partial charge in [0.25, 0.3) is 0 Å². The van der Waals surface area contributed by atoms with Crippen molar-refractivity contribution in [1.82, 2.24) is 0 Å². The Bertz CT molecular complexity index is 94.9. The molecule has 0 atom stereocenters. The quantitative estimate of drug-likeness (QED) is 0.652. The zero-order valence-electron chi connectivity index (χ0n) is 7.01. The summed E-state index contributed by atoms with van der Waals surface area (Å²) in [4.78, 5) is 9.60. The Balaban J connectivity index is 0. The van der Waals surface area contributed by atoms with Gasteiger partial charge in [-0.3, -0.25) is 4.79 Å². The monoisotopic (exact) mass is 184 g/mol. The third kappa shape index (κ3) is 13.1. The van der Waals surface area contributed by atoms with Crippen LogP contribution in [0.3, 0.4) is 0 Å².